The smallest absolute Gasteiger partial charge is 0.244 e. The Bertz CT molecular complexity index is 510. The van der Waals surface area contributed by atoms with Gasteiger partial charge in [-0.1, -0.05) is 11.6 Å². The van der Waals surface area contributed by atoms with Crippen LogP contribution in [0.4, 0.5) is 5.82 Å². The number of aromatic nitrogens is 1. The van der Waals surface area contributed by atoms with Gasteiger partial charge in [-0.3, -0.25) is 0 Å². The molecular formula is C9H15ClN4O2S. The Kier molecular flexibility index (Phi) is 3.98. The van der Waals surface area contributed by atoms with Crippen LogP contribution in [0, 0.1) is 0 Å². The zero-order valence-corrected chi connectivity index (χ0v) is 11.1. The van der Waals surface area contributed by atoms with Crippen molar-refractivity contribution in [1.29, 1.82) is 0 Å². The Hall–Kier alpha value is -0.890. The Labute approximate surface area is 105 Å². The SMILES string of the molecule is CC(C)(N)CNS(=O)(=O)c1cc(Cl)cnc1N. The molecule has 0 aliphatic heterocycles. The number of pyridine rings is 1. The highest BCUT2D eigenvalue weighted by atomic mass is 35.5. The molecule has 1 heterocycles. The quantitative estimate of drug-likeness (QED) is 0.735. The predicted molar refractivity (Wildman–Crippen MR) is 67.1 cm³/mol. The van der Waals surface area contributed by atoms with Crippen molar-refractivity contribution in [2.24, 2.45) is 5.73 Å². The summed E-state index contributed by atoms with van der Waals surface area (Å²) in [5.74, 6) is -0.100. The van der Waals surface area contributed by atoms with Gasteiger partial charge < -0.3 is 11.5 Å². The average molecular weight is 279 g/mol. The van der Waals surface area contributed by atoms with E-state index in [0.29, 0.717) is 0 Å². The number of hydrogen-bond donors (Lipinski definition) is 3. The van der Waals surface area contributed by atoms with Crippen molar-refractivity contribution in [2.45, 2.75) is 24.3 Å². The summed E-state index contributed by atoms with van der Waals surface area (Å²) < 4.78 is 26.2. The van der Waals surface area contributed by atoms with E-state index in [9.17, 15) is 8.42 Å². The highest BCUT2D eigenvalue weighted by Crippen LogP contribution is 2.19. The van der Waals surface area contributed by atoms with Crippen LogP contribution in [0.15, 0.2) is 17.2 Å². The molecule has 0 amide bonds. The van der Waals surface area contributed by atoms with E-state index in [2.05, 4.69) is 9.71 Å². The van der Waals surface area contributed by atoms with Gasteiger partial charge in [-0.15, -0.1) is 0 Å². The van der Waals surface area contributed by atoms with E-state index >= 15 is 0 Å². The third kappa shape index (κ3) is 4.12. The normalized spacial score (nSPS) is 12.7. The van der Waals surface area contributed by atoms with Crippen molar-refractivity contribution in [2.75, 3.05) is 12.3 Å². The topological polar surface area (TPSA) is 111 Å². The van der Waals surface area contributed by atoms with Gasteiger partial charge in [0, 0.05) is 18.3 Å². The molecule has 6 nitrogen and oxygen atoms in total. The van der Waals surface area contributed by atoms with Gasteiger partial charge in [-0.25, -0.2) is 18.1 Å². The highest BCUT2D eigenvalue weighted by Gasteiger charge is 2.21. The lowest BCUT2D eigenvalue weighted by molar-refractivity contribution is 0.498. The van der Waals surface area contributed by atoms with Crippen LogP contribution in [0.2, 0.25) is 5.02 Å². The third-order valence-electron chi connectivity index (χ3n) is 1.86. The van der Waals surface area contributed by atoms with Crippen LogP contribution in [0.25, 0.3) is 0 Å². The maximum absolute atomic E-state index is 11.9. The predicted octanol–water partition coefficient (Wildman–Crippen LogP) is 0.333. The molecule has 0 aromatic carbocycles. The number of nitrogens with one attached hydrogen (secondary N) is 1. The van der Waals surface area contributed by atoms with Crippen LogP contribution in [-0.2, 0) is 10.0 Å². The molecule has 5 N–H and O–H groups in total. The second-order valence-corrected chi connectivity index (χ2v) is 6.52. The number of sulfonamides is 1. The molecule has 1 aromatic heterocycles. The zero-order chi connectivity index (χ0) is 13.3. The summed E-state index contributed by atoms with van der Waals surface area (Å²) in [4.78, 5) is 3.54. The number of hydrogen-bond acceptors (Lipinski definition) is 5. The molecule has 0 bridgehead atoms. The van der Waals surface area contributed by atoms with Crippen molar-refractivity contribution in [3.63, 3.8) is 0 Å². The number of anilines is 1. The van der Waals surface area contributed by atoms with Crippen molar-refractivity contribution >= 4 is 27.4 Å². The van der Waals surface area contributed by atoms with E-state index in [1.54, 1.807) is 13.8 Å². The fourth-order valence-electron chi connectivity index (χ4n) is 1.01. The summed E-state index contributed by atoms with van der Waals surface area (Å²) in [5, 5.41) is 0.201. The van der Waals surface area contributed by atoms with Crippen LogP contribution in [-0.4, -0.2) is 25.5 Å². The van der Waals surface area contributed by atoms with Crippen molar-refractivity contribution in [3.8, 4) is 0 Å². The van der Waals surface area contributed by atoms with Crippen LogP contribution in [0.3, 0.4) is 0 Å². The van der Waals surface area contributed by atoms with Gasteiger partial charge in [0.15, 0.2) is 0 Å². The summed E-state index contributed by atoms with van der Waals surface area (Å²) >= 11 is 5.68. The van der Waals surface area contributed by atoms with E-state index in [1.165, 1.54) is 12.3 Å². The monoisotopic (exact) mass is 278 g/mol. The van der Waals surface area contributed by atoms with Gasteiger partial charge in [0.25, 0.3) is 0 Å². The van der Waals surface area contributed by atoms with Gasteiger partial charge in [-0.05, 0) is 19.9 Å². The minimum Gasteiger partial charge on any atom is -0.383 e. The summed E-state index contributed by atoms with van der Waals surface area (Å²) in [6.45, 7) is 3.49. The standard InChI is InChI=1S/C9H15ClN4O2S/c1-9(2,12)5-14-17(15,16)7-3-6(10)4-13-8(7)11/h3-4,14H,5,12H2,1-2H3,(H2,11,13). The largest absolute Gasteiger partial charge is 0.383 e. The Morgan fingerprint density at radius 2 is 2.12 bits per heavy atom. The Balaban J connectivity index is 3.02. The molecule has 17 heavy (non-hydrogen) atoms. The molecule has 0 aliphatic carbocycles. The molecule has 0 spiro atoms. The lowest BCUT2D eigenvalue weighted by Crippen LogP contribution is -2.45. The molecule has 0 unspecified atom stereocenters. The van der Waals surface area contributed by atoms with E-state index in [4.69, 9.17) is 23.1 Å². The number of halogens is 1. The lowest BCUT2D eigenvalue weighted by Gasteiger charge is -2.19. The number of rotatable bonds is 4. The van der Waals surface area contributed by atoms with Gasteiger partial charge in [-0.2, -0.15) is 0 Å². The highest BCUT2D eigenvalue weighted by molar-refractivity contribution is 7.89. The second-order valence-electron chi connectivity index (χ2n) is 4.35. The first kappa shape index (κ1) is 14.2. The fourth-order valence-corrected chi connectivity index (χ4v) is 2.56. The van der Waals surface area contributed by atoms with E-state index in [1.807, 2.05) is 0 Å². The van der Waals surface area contributed by atoms with Crippen molar-refractivity contribution in [3.05, 3.63) is 17.3 Å². The lowest BCUT2D eigenvalue weighted by atomic mass is 10.1. The summed E-state index contributed by atoms with van der Waals surface area (Å²) in [6, 6.07) is 1.25. The molecule has 0 atom stereocenters. The molecule has 1 rings (SSSR count). The molecule has 96 valence electrons. The minimum atomic E-state index is -3.75. The Morgan fingerprint density at radius 3 is 2.65 bits per heavy atom. The second kappa shape index (κ2) is 4.77. The van der Waals surface area contributed by atoms with Gasteiger partial charge in [0.05, 0.1) is 5.02 Å². The van der Waals surface area contributed by atoms with Crippen LogP contribution >= 0.6 is 11.6 Å². The molecule has 0 aliphatic rings. The van der Waals surface area contributed by atoms with Gasteiger partial charge in [0.1, 0.15) is 10.7 Å². The number of nitrogens with zero attached hydrogens (tertiary/aromatic N) is 1. The summed E-state index contributed by atoms with van der Waals surface area (Å²) in [7, 11) is -3.75. The van der Waals surface area contributed by atoms with Gasteiger partial charge >= 0.3 is 0 Å². The molecular weight excluding hydrogens is 264 g/mol. The average Bonchev–Trinajstić information content (AvgIpc) is 2.18. The first-order valence-electron chi connectivity index (χ1n) is 4.81. The first-order chi connectivity index (χ1) is 7.62. The zero-order valence-electron chi connectivity index (χ0n) is 9.57. The third-order valence-corrected chi connectivity index (χ3v) is 3.49. The van der Waals surface area contributed by atoms with Crippen LogP contribution < -0.4 is 16.2 Å². The molecule has 1 aromatic rings. The number of nitrogens with two attached hydrogens (primary N) is 2. The molecule has 8 heteroatoms. The van der Waals surface area contributed by atoms with Gasteiger partial charge in [0.2, 0.25) is 10.0 Å². The maximum atomic E-state index is 11.9. The summed E-state index contributed by atoms with van der Waals surface area (Å²) in [5.41, 5.74) is 10.5. The molecule has 0 saturated heterocycles. The van der Waals surface area contributed by atoms with E-state index < -0.39 is 15.6 Å². The van der Waals surface area contributed by atoms with Crippen LogP contribution in [0.1, 0.15) is 13.8 Å². The molecule has 0 fully saturated rings. The van der Waals surface area contributed by atoms with E-state index in [0.717, 1.165) is 0 Å². The maximum Gasteiger partial charge on any atom is 0.244 e. The molecule has 0 saturated carbocycles. The number of nitrogen functional groups attached to an aromatic ring is 1. The summed E-state index contributed by atoms with van der Waals surface area (Å²) in [6.07, 6.45) is 1.28. The Morgan fingerprint density at radius 1 is 1.53 bits per heavy atom. The first-order valence-corrected chi connectivity index (χ1v) is 6.67. The molecule has 0 radical (unpaired) electrons. The minimum absolute atomic E-state index is 0.0846. The fraction of sp³-hybridized carbons (Fsp3) is 0.444. The van der Waals surface area contributed by atoms with E-state index in [-0.39, 0.29) is 22.3 Å². The van der Waals surface area contributed by atoms with Crippen LogP contribution in [0.5, 0.6) is 0 Å². The van der Waals surface area contributed by atoms with Crippen molar-refractivity contribution in [1.82, 2.24) is 9.71 Å². The van der Waals surface area contributed by atoms with Crippen molar-refractivity contribution < 1.29 is 8.42 Å².